The highest BCUT2D eigenvalue weighted by Crippen LogP contribution is 2.23. The molecule has 0 bridgehead atoms. The molecule has 7 nitrogen and oxygen atoms in total. The van der Waals surface area contributed by atoms with Crippen molar-refractivity contribution < 1.29 is 9.90 Å². The van der Waals surface area contributed by atoms with E-state index in [1.54, 1.807) is 4.68 Å². The van der Waals surface area contributed by atoms with Gasteiger partial charge in [-0.05, 0) is 31.5 Å². The Labute approximate surface area is 145 Å². The fourth-order valence-electron chi connectivity index (χ4n) is 3.46. The van der Waals surface area contributed by atoms with Crippen molar-refractivity contribution >= 4 is 16.8 Å². The summed E-state index contributed by atoms with van der Waals surface area (Å²) in [6.45, 7) is 3.83. The Kier molecular flexibility index (Phi) is 3.80. The summed E-state index contributed by atoms with van der Waals surface area (Å²) in [7, 11) is 1.86. The Balaban J connectivity index is 1.70. The minimum atomic E-state index is -0.0852. The Morgan fingerprint density at radius 1 is 1.24 bits per heavy atom. The molecule has 1 N–H and O–H groups in total. The van der Waals surface area contributed by atoms with E-state index in [-0.39, 0.29) is 12.5 Å². The lowest BCUT2D eigenvalue weighted by Crippen LogP contribution is -2.31. The van der Waals surface area contributed by atoms with Gasteiger partial charge in [0.1, 0.15) is 0 Å². The van der Waals surface area contributed by atoms with Crippen LogP contribution in [-0.4, -0.2) is 42.0 Å². The molecule has 0 spiro atoms. The molecule has 3 aromatic rings. The van der Waals surface area contributed by atoms with E-state index in [9.17, 15) is 9.90 Å². The lowest BCUT2D eigenvalue weighted by Gasteiger charge is -2.19. The van der Waals surface area contributed by atoms with Crippen LogP contribution in [-0.2, 0) is 26.7 Å². The van der Waals surface area contributed by atoms with Gasteiger partial charge in [0.25, 0.3) is 5.91 Å². The number of fused-ring (bicyclic) bond motifs is 2. The first kappa shape index (κ1) is 15.8. The SMILES string of the molecule is Cc1ccc2c(c1)c(C(=O)N1CCCn3nc(CO)cc3C1)nn2C. The predicted octanol–water partition coefficient (Wildman–Crippen LogP) is 1.62. The van der Waals surface area contributed by atoms with Gasteiger partial charge in [0, 0.05) is 25.5 Å². The zero-order chi connectivity index (χ0) is 17.6. The Morgan fingerprint density at radius 3 is 2.88 bits per heavy atom. The van der Waals surface area contributed by atoms with E-state index < -0.39 is 0 Å². The number of hydrogen-bond acceptors (Lipinski definition) is 4. The molecule has 4 rings (SSSR count). The first-order valence-electron chi connectivity index (χ1n) is 8.46. The van der Waals surface area contributed by atoms with E-state index in [1.807, 2.05) is 47.8 Å². The van der Waals surface area contributed by atoms with Crippen molar-refractivity contribution in [2.45, 2.75) is 33.0 Å². The summed E-state index contributed by atoms with van der Waals surface area (Å²) >= 11 is 0. The van der Waals surface area contributed by atoms with Gasteiger partial charge in [-0.3, -0.25) is 14.2 Å². The van der Waals surface area contributed by atoms with Crippen molar-refractivity contribution in [2.24, 2.45) is 7.05 Å². The second-order valence-corrected chi connectivity index (χ2v) is 6.58. The Morgan fingerprint density at radius 2 is 2.08 bits per heavy atom. The van der Waals surface area contributed by atoms with Gasteiger partial charge < -0.3 is 10.0 Å². The quantitative estimate of drug-likeness (QED) is 0.770. The second-order valence-electron chi connectivity index (χ2n) is 6.58. The Hall–Kier alpha value is -2.67. The van der Waals surface area contributed by atoms with E-state index in [4.69, 9.17) is 0 Å². The fraction of sp³-hybridized carbons (Fsp3) is 0.389. The highest BCUT2D eigenvalue weighted by atomic mass is 16.3. The molecule has 0 atom stereocenters. The molecular weight excluding hydrogens is 318 g/mol. The minimum Gasteiger partial charge on any atom is -0.390 e. The molecule has 0 fully saturated rings. The topological polar surface area (TPSA) is 76.2 Å². The number of rotatable bonds is 2. The van der Waals surface area contributed by atoms with Crippen LogP contribution in [0.15, 0.2) is 24.3 Å². The second kappa shape index (κ2) is 6.00. The minimum absolute atomic E-state index is 0.0589. The van der Waals surface area contributed by atoms with E-state index >= 15 is 0 Å². The molecule has 1 aliphatic rings. The number of carbonyl (C=O) groups excluding carboxylic acids is 1. The van der Waals surface area contributed by atoms with Crippen molar-refractivity contribution in [3.63, 3.8) is 0 Å². The number of aliphatic hydroxyl groups excluding tert-OH is 1. The maximum absolute atomic E-state index is 13.1. The van der Waals surface area contributed by atoms with E-state index in [2.05, 4.69) is 10.2 Å². The van der Waals surface area contributed by atoms with Crippen LogP contribution in [0.5, 0.6) is 0 Å². The summed E-state index contributed by atoms with van der Waals surface area (Å²) in [5.74, 6) is -0.0589. The van der Waals surface area contributed by atoms with Gasteiger partial charge in [0.05, 0.1) is 30.1 Å². The van der Waals surface area contributed by atoms with Crippen molar-refractivity contribution in [1.82, 2.24) is 24.5 Å². The molecule has 1 amide bonds. The molecule has 1 aromatic carbocycles. The van der Waals surface area contributed by atoms with Crippen LogP contribution in [0.3, 0.4) is 0 Å². The van der Waals surface area contributed by atoms with Gasteiger partial charge in [0.2, 0.25) is 0 Å². The molecule has 1 aliphatic heterocycles. The highest BCUT2D eigenvalue weighted by molar-refractivity contribution is 6.05. The lowest BCUT2D eigenvalue weighted by atomic mass is 10.1. The summed E-state index contributed by atoms with van der Waals surface area (Å²) in [5, 5.41) is 19.0. The standard InChI is InChI=1S/C18H21N5O2/c1-12-4-5-16-15(8-12)17(20-21(16)2)18(25)22-6-3-7-23-14(10-22)9-13(11-24)19-23/h4-5,8-9,24H,3,6-7,10-11H2,1-2H3. The van der Waals surface area contributed by atoms with Crippen LogP contribution in [0, 0.1) is 6.92 Å². The average Bonchev–Trinajstić information content (AvgIpc) is 3.07. The molecule has 0 unspecified atom stereocenters. The molecule has 25 heavy (non-hydrogen) atoms. The first-order chi connectivity index (χ1) is 12.1. The number of nitrogens with zero attached hydrogens (tertiary/aromatic N) is 5. The van der Waals surface area contributed by atoms with E-state index in [0.29, 0.717) is 24.5 Å². The maximum atomic E-state index is 13.1. The van der Waals surface area contributed by atoms with Crippen LogP contribution < -0.4 is 0 Å². The third-order valence-corrected chi connectivity index (χ3v) is 4.72. The van der Waals surface area contributed by atoms with Crippen molar-refractivity contribution in [2.75, 3.05) is 6.54 Å². The number of benzene rings is 1. The first-order valence-corrected chi connectivity index (χ1v) is 8.46. The maximum Gasteiger partial charge on any atom is 0.275 e. The molecule has 0 aliphatic carbocycles. The van der Waals surface area contributed by atoms with Crippen LogP contribution in [0.1, 0.15) is 33.9 Å². The van der Waals surface area contributed by atoms with Gasteiger partial charge >= 0.3 is 0 Å². The number of carbonyl (C=O) groups is 1. The number of hydrogen-bond donors (Lipinski definition) is 1. The van der Waals surface area contributed by atoms with Crippen molar-refractivity contribution in [3.8, 4) is 0 Å². The van der Waals surface area contributed by atoms with E-state index in [0.717, 1.165) is 35.1 Å². The van der Waals surface area contributed by atoms with Crippen LogP contribution >= 0.6 is 0 Å². The van der Waals surface area contributed by atoms with E-state index in [1.165, 1.54) is 0 Å². The smallest absolute Gasteiger partial charge is 0.275 e. The van der Waals surface area contributed by atoms with Gasteiger partial charge in [0.15, 0.2) is 5.69 Å². The third kappa shape index (κ3) is 2.70. The zero-order valence-electron chi connectivity index (χ0n) is 14.4. The van der Waals surface area contributed by atoms with Gasteiger partial charge in [-0.1, -0.05) is 11.6 Å². The zero-order valence-corrected chi connectivity index (χ0v) is 14.4. The average molecular weight is 339 g/mol. The van der Waals surface area contributed by atoms with Gasteiger partial charge in [-0.15, -0.1) is 0 Å². The summed E-state index contributed by atoms with van der Waals surface area (Å²) in [4.78, 5) is 15.0. The highest BCUT2D eigenvalue weighted by Gasteiger charge is 2.25. The molecule has 0 saturated carbocycles. The molecular formula is C18H21N5O2. The largest absolute Gasteiger partial charge is 0.390 e. The summed E-state index contributed by atoms with van der Waals surface area (Å²) in [6, 6.07) is 7.91. The summed E-state index contributed by atoms with van der Waals surface area (Å²) in [6.07, 6.45) is 0.828. The lowest BCUT2D eigenvalue weighted by molar-refractivity contribution is 0.0741. The van der Waals surface area contributed by atoms with Crippen LogP contribution in [0.4, 0.5) is 0 Å². The predicted molar refractivity (Wildman–Crippen MR) is 93.0 cm³/mol. The Bertz CT molecular complexity index is 956. The number of aromatic nitrogens is 4. The van der Waals surface area contributed by atoms with Crippen LogP contribution in [0.2, 0.25) is 0 Å². The van der Waals surface area contributed by atoms with Gasteiger partial charge in [-0.25, -0.2) is 0 Å². The number of aliphatic hydroxyl groups is 1. The molecule has 2 aromatic heterocycles. The monoisotopic (exact) mass is 339 g/mol. The molecule has 0 saturated heterocycles. The molecule has 7 heteroatoms. The third-order valence-electron chi connectivity index (χ3n) is 4.72. The summed E-state index contributed by atoms with van der Waals surface area (Å²) in [5.41, 5.74) is 4.15. The fourth-order valence-corrected chi connectivity index (χ4v) is 3.46. The van der Waals surface area contributed by atoms with Crippen molar-refractivity contribution in [3.05, 3.63) is 46.9 Å². The summed E-state index contributed by atoms with van der Waals surface area (Å²) < 4.78 is 3.65. The molecule has 130 valence electrons. The van der Waals surface area contributed by atoms with Crippen LogP contribution in [0.25, 0.3) is 10.9 Å². The molecule has 0 radical (unpaired) electrons. The normalized spacial score (nSPS) is 14.6. The van der Waals surface area contributed by atoms with Gasteiger partial charge in [-0.2, -0.15) is 10.2 Å². The van der Waals surface area contributed by atoms with Crippen molar-refractivity contribution in [1.29, 1.82) is 0 Å². The number of amides is 1. The molecule has 3 heterocycles. The number of aryl methyl sites for hydroxylation is 3.